The molecule has 0 unspecified atom stereocenters. The lowest BCUT2D eigenvalue weighted by Crippen LogP contribution is -2.41. The number of rotatable bonds is 3. The van der Waals surface area contributed by atoms with E-state index in [4.69, 9.17) is 9.47 Å². The molecule has 19 heavy (non-hydrogen) atoms. The minimum Gasteiger partial charge on any atom is -0.490 e. The highest BCUT2D eigenvalue weighted by Crippen LogP contribution is 2.27. The van der Waals surface area contributed by atoms with Crippen molar-refractivity contribution in [2.24, 2.45) is 0 Å². The monoisotopic (exact) mass is 258 g/mol. The first-order valence-electron chi connectivity index (χ1n) is 6.68. The van der Waals surface area contributed by atoms with Gasteiger partial charge in [-0.1, -0.05) is 36.4 Å². The lowest BCUT2D eigenvalue weighted by atomic mass is 9.96. The Kier molecular flexibility index (Phi) is 3.40. The van der Waals surface area contributed by atoms with Crippen LogP contribution in [0.5, 0.6) is 5.75 Å². The van der Waals surface area contributed by atoms with E-state index in [0.717, 1.165) is 16.5 Å². The predicted octanol–water partition coefficient (Wildman–Crippen LogP) is 2.76. The Morgan fingerprint density at radius 3 is 2.63 bits per heavy atom. The smallest absolute Gasteiger partial charge is 0.127 e. The van der Waals surface area contributed by atoms with E-state index in [1.54, 1.807) is 0 Å². The number of ether oxygens (including phenoxy) is 2. The molecular formula is C16H18O3. The van der Waals surface area contributed by atoms with Crippen LogP contribution in [0.25, 0.3) is 10.8 Å². The van der Waals surface area contributed by atoms with Crippen molar-refractivity contribution in [3.8, 4) is 5.75 Å². The van der Waals surface area contributed by atoms with E-state index < -0.39 is 5.60 Å². The Balaban J connectivity index is 1.78. The molecule has 1 N–H and O–H groups in total. The second-order valence-corrected chi connectivity index (χ2v) is 5.10. The lowest BCUT2D eigenvalue weighted by molar-refractivity contribution is -0.0853. The van der Waals surface area contributed by atoms with Gasteiger partial charge in [0, 0.05) is 31.4 Å². The Morgan fingerprint density at radius 1 is 1.05 bits per heavy atom. The van der Waals surface area contributed by atoms with E-state index in [1.165, 1.54) is 0 Å². The lowest BCUT2D eigenvalue weighted by Gasteiger charge is -2.31. The third kappa shape index (κ3) is 2.72. The molecule has 1 fully saturated rings. The van der Waals surface area contributed by atoms with Gasteiger partial charge >= 0.3 is 0 Å². The van der Waals surface area contributed by atoms with Crippen molar-refractivity contribution in [1.82, 2.24) is 0 Å². The molecule has 2 aromatic rings. The topological polar surface area (TPSA) is 38.7 Å². The van der Waals surface area contributed by atoms with Crippen molar-refractivity contribution in [2.75, 3.05) is 19.8 Å². The van der Waals surface area contributed by atoms with Crippen LogP contribution < -0.4 is 4.74 Å². The highest BCUT2D eigenvalue weighted by Gasteiger charge is 2.30. The first kappa shape index (κ1) is 12.5. The zero-order valence-corrected chi connectivity index (χ0v) is 10.8. The molecule has 1 saturated heterocycles. The molecule has 3 heteroatoms. The standard InChI is InChI=1S/C16H18O3/c17-16(8-10-18-11-9-16)12-19-15-7-3-5-13-4-1-2-6-14(13)15/h1-7,17H,8-12H2. The molecule has 2 aromatic carbocycles. The maximum atomic E-state index is 10.4. The quantitative estimate of drug-likeness (QED) is 0.920. The van der Waals surface area contributed by atoms with Crippen LogP contribution >= 0.6 is 0 Å². The zero-order valence-electron chi connectivity index (χ0n) is 10.8. The Hall–Kier alpha value is -1.58. The van der Waals surface area contributed by atoms with E-state index in [-0.39, 0.29) is 0 Å². The largest absolute Gasteiger partial charge is 0.490 e. The zero-order chi connectivity index (χ0) is 13.1. The number of hydrogen-bond donors (Lipinski definition) is 1. The Morgan fingerprint density at radius 2 is 1.79 bits per heavy atom. The molecule has 1 heterocycles. The van der Waals surface area contributed by atoms with Crippen LogP contribution in [0.4, 0.5) is 0 Å². The fourth-order valence-electron chi connectivity index (χ4n) is 2.43. The summed E-state index contributed by atoms with van der Waals surface area (Å²) in [7, 11) is 0. The van der Waals surface area contributed by atoms with Gasteiger partial charge in [-0.3, -0.25) is 0 Å². The van der Waals surface area contributed by atoms with Crippen LogP contribution in [0.15, 0.2) is 42.5 Å². The van der Waals surface area contributed by atoms with Gasteiger partial charge in [0.15, 0.2) is 0 Å². The van der Waals surface area contributed by atoms with Crippen LogP contribution in [0.1, 0.15) is 12.8 Å². The maximum Gasteiger partial charge on any atom is 0.127 e. The van der Waals surface area contributed by atoms with E-state index in [2.05, 4.69) is 12.1 Å². The van der Waals surface area contributed by atoms with Crippen molar-refractivity contribution in [3.05, 3.63) is 42.5 Å². The van der Waals surface area contributed by atoms with Crippen molar-refractivity contribution >= 4 is 10.8 Å². The molecule has 1 aliphatic heterocycles. The number of benzene rings is 2. The molecule has 0 amide bonds. The summed E-state index contributed by atoms with van der Waals surface area (Å²) in [4.78, 5) is 0. The second kappa shape index (κ2) is 5.19. The molecule has 0 aromatic heterocycles. The summed E-state index contributed by atoms with van der Waals surface area (Å²) in [6.07, 6.45) is 1.27. The first-order chi connectivity index (χ1) is 9.27. The maximum absolute atomic E-state index is 10.4. The van der Waals surface area contributed by atoms with Crippen molar-refractivity contribution in [1.29, 1.82) is 0 Å². The van der Waals surface area contributed by atoms with Crippen LogP contribution in [0, 0.1) is 0 Å². The minimum atomic E-state index is -0.755. The van der Waals surface area contributed by atoms with Crippen LogP contribution in [0.2, 0.25) is 0 Å². The summed E-state index contributed by atoms with van der Waals surface area (Å²) in [5.74, 6) is 0.831. The Bertz CT molecular complexity index is 553. The van der Waals surface area contributed by atoms with Crippen molar-refractivity contribution in [3.63, 3.8) is 0 Å². The molecular weight excluding hydrogens is 240 g/mol. The number of fused-ring (bicyclic) bond motifs is 1. The average molecular weight is 258 g/mol. The highest BCUT2D eigenvalue weighted by molar-refractivity contribution is 5.88. The molecule has 3 nitrogen and oxygen atoms in total. The summed E-state index contributed by atoms with van der Waals surface area (Å²) in [5, 5.41) is 12.6. The fraction of sp³-hybridized carbons (Fsp3) is 0.375. The van der Waals surface area contributed by atoms with Crippen LogP contribution in [-0.4, -0.2) is 30.5 Å². The van der Waals surface area contributed by atoms with E-state index >= 15 is 0 Å². The van der Waals surface area contributed by atoms with E-state index in [9.17, 15) is 5.11 Å². The van der Waals surface area contributed by atoms with Gasteiger partial charge in [-0.15, -0.1) is 0 Å². The Labute approximate surface area is 112 Å². The van der Waals surface area contributed by atoms with Crippen LogP contribution in [-0.2, 0) is 4.74 Å². The molecule has 0 spiro atoms. The molecule has 0 atom stereocenters. The molecule has 100 valence electrons. The van der Waals surface area contributed by atoms with Gasteiger partial charge in [0.05, 0.1) is 0 Å². The third-order valence-electron chi connectivity index (χ3n) is 3.67. The van der Waals surface area contributed by atoms with Gasteiger partial charge in [0.1, 0.15) is 18.0 Å². The third-order valence-corrected chi connectivity index (χ3v) is 3.67. The molecule has 0 saturated carbocycles. The fourth-order valence-corrected chi connectivity index (χ4v) is 2.43. The van der Waals surface area contributed by atoms with Gasteiger partial charge in [-0.2, -0.15) is 0 Å². The number of hydrogen-bond acceptors (Lipinski definition) is 3. The summed E-state index contributed by atoms with van der Waals surface area (Å²) in [5.41, 5.74) is -0.755. The molecule has 3 rings (SSSR count). The molecule has 1 aliphatic rings. The van der Waals surface area contributed by atoms with Gasteiger partial charge < -0.3 is 14.6 Å². The van der Waals surface area contributed by atoms with E-state index in [1.807, 2.05) is 30.3 Å². The van der Waals surface area contributed by atoms with Gasteiger partial charge in [-0.25, -0.2) is 0 Å². The van der Waals surface area contributed by atoms with Gasteiger partial charge in [0.2, 0.25) is 0 Å². The first-order valence-corrected chi connectivity index (χ1v) is 6.68. The summed E-state index contributed by atoms with van der Waals surface area (Å²) in [6, 6.07) is 14.1. The molecule has 0 aliphatic carbocycles. The van der Waals surface area contributed by atoms with Crippen LogP contribution in [0.3, 0.4) is 0 Å². The molecule has 0 bridgehead atoms. The predicted molar refractivity (Wildman–Crippen MR) is 74.4 cm³/mol. The van der Waals surface area contributed by atoms with E-state index in [0.29, 0.717) is 32.7 Å². The summed E-state index contributed by atoms with van der Waals surface area (Å²) < 4.78 is 11.1. The number of aliphatic hydroxyl groups is 1. The summed E-state index contributed by atoms with van der Waals surface area (Å²) >= 11 is 0. The average Bonchev–Trinajstić information content (AvgIpc) is 2.46. The SMILES string of the molecule is OC1(COc2cccc3ccccc23)CCOCC1. The van der Waals surface area contributed by atoms with Crippen molar-refractivity contribution < 1.29 is 14.6 Å². The minimum absolute atomic E-state index is 0.324. The summed E-state index contributed by atoms with van der Waals surface area (Å²) in [6.45, 7) is 1.54. The van der Waals surface area contributed by atoms with Gasteiger partial charge in [0.25, 0.3) is 0 Å². The molecule has 0 radical (unpaired) electrons. The van der Waals surface area contributed by atoms with Gasteiger partial charge in [-0.05, 0) is 11.5 Å². The normalized spacial score (nSPS) is 18.4. The second-order valence-electron chi connectivity index (χ2n) is 5.10. The van der Waals surface area contributed by atoms with Crippen molar-refractivity contribution in [2.45, 2.75) is 18.4 Å². The highest BCUT2D eigenvalue weighted by atomic mass is 16.5.